The first-order chi connectivity index (χ1) is 21.7. The average molecular weight is 644 g/mol. The van der Waals surface area contributed by atoms with Crippen LogP contribution in [0.3, 0.4) is 0 Å². The lowest BCUT2D eigenvalue weighted by Crippen LogP contribution is -2.54. The fourth-order valence-electron chi connectivity index (χ4n) is 5.71. The van der Waals surface area contributed by atoms with E-state index in [2.05, 4.69) is 5.32 Å². The zero-order chi connectivity index (χ0) is 31.8. The number of amides is 2. The lowest BCUT2D eigenvalue weighted by atomic mass is 10.0. The maximum atomic E-state index is 14.5. The van der Waals surface area contributed by atoms with Gasteiger partial charge in [-0.25, -0.2) is 8.42 Å². The van der Waals surface area contributed by atoms with Crippen LogP contribution in [0.4, 0.5) is 5.69 Å². The SMILES string of the molecule is Cc1ccc(N(CC(=O)N(Cc2cccc(Cl)c2)[C@H](Cc2ccccc2)C(=O)NC2CCCC2)S(=O)(=O)c2ccccc2)cc1. The van der Waals surface area contributed by atoms with Crippen LogP contribution in [-0.2, 0) is 32.6 Å². The van der Waals surface area contributed by atoms with Gasteiger partial charge in [-0.05, 0) is 67.3 Å². The molecule has 1 N–H and O–H groups in total. The Morgan fingerprint density at radius 2 is 1.47 bits per heavy atom. The minimum atomic E-state index is -4.13. The van der Waals surface area contributed by atoms with E-state index in [0.717, 1.165) is 46.7 Å². The molecule has 2 amide bonds. The van der Waals surface area contributed by atoms with Crippen molar-refractivity contribution in [3.05, 3.63) is 131 Å². The number of hydrogen-bond donors (Lipinski definition) is 1. The number of anilines is 1. The monoisotopic (exact) mass is 643 g/mol. The highest BCUT2D eigenvalue weighted by Crippen LogP contribution is 2.26. The van der Waals surface area contributed by atoms with E-state index in [4.69, 9.17) is 11.6 Å². The maximum absolute atomic E-state index is 14.5. The van der Waals surface area contributed by atoms with Crippen LogP contribution in [0.2, 0.25) is 5.02 Å². The van der Waals surface area contributed by atoms with Gasteiger partial charge in [0, 0.05) is 24.0 Å². The molecule has 1 aliphatic carbocycles. The van der Waals surface area contributed by atoms with Crippen molar-refractivity contribution in [1.29, 1.82) is 0 Å². The molecule has 1 aliphatic rings. The summed E-state index contributed by atoms with van der Waals surface area (Å²) in [4.78, 5) is 30.2. The second kappa shape index (κ2) is 14.8. The third kappa shape index (κ3) is 8.32. The van der Waals surface area contributed by atoms with Gasteiger partial charge in [0.2, 0.25) is 11.8 Å². The second-order valence-corrected chi connectivity index (χ2v) is 13.8. The van der Waals surface area contributed by atoms with E-state index >= 15 is 0 Å². The van der Waals surface area contributed by atoms with Crippen molar-refractivity contribution in [2.75, 3.05) is 10.8 Å². The number of halogens is 1. The first-order valence-electron chi connectivity index (χ1n) is 15.2. The summed E-state index contributed by atoms with van der Waals surface area (Å²) < 4.78 is 29.3. The Bertz CT molecular complexity index is 1690. The zero-order valence-electron chi connectivity index (χ0n) is 25.3. The minimum absolute atomic E-state index is 0.0430. The summed E-state index contributed by atoms with van der Waals surface area (Å²) in [6, 6.07) is 30.9. The standard InChI is InChI=1S/C36H38ClN3O4S/c1-27-19-21-32(22-20-27)40(45(43,44)33-17-6-3-7-18-33)26-35(41)39(25-29-13-10-14-30(37)23-29)34(24-28-11-4-2-5-12-28)36(42)38-31-15-8-9-16-31/h2-7,10-14,17-23,31,34H,8-9,15-16,24-26H2,1H3,(H,38,42)/t34-/m1/s1. The summed E-state index contributed by atoms with van der Waals surface area (Å²) in [5, 5.41) is 3.69. The van der Waals surface area contributed by atoms with Gasteiger partial charge in [0.15, 0.2) is 0 Å². The summed E-state index contributed by atoms with van der Waals surface area (Å²) in [6.07, 6.45) is 4.14. The molecule has 0 bridgehead atoms. The first kappa shape index (κ1) is 32.3. The van der Waals surface area contributed by atoms with E-state index < -0.39 is 28.5 Å². The predicted molar refractivity (Wildman–Crippen MR) is 178 cm³/mol. The van der Waals surface area contributed by atoms with Crippen LogP contribution in [0.25, 0.3) is 0 Å². The van der Waals surface area contributed by atoms with Crippen LogP contribution in [0.15, 0.2) is 114 Å². The van der Waals surface area contributed by atoms with Crippen molar-refractivity contribution in [1.82, 2.24) is 10.2 Å². The Kier molecular flexibility index (Phi) is 10.6. The van der Waals surface area contributed by atoms with Gasteiger partial charge in [-0.3, -0.25) is 13.9 Å². The van der Waals surface area contributed by atoms with Crippen molar-refractivity contribution in [2.45, 2.75) is 62.6 Å². The normalized spacial score (nSPS) is 14.1. The van der Waals surface area contributed by atoms with E-state index in [1.54, 1.807) is 48.5 Å². The van der Waals surface area contributed by atoms with Crippen molar-refractivity contribution < 1.29 is 18.0 Å². The van der Waals surface area contributed by atoms with Gasteiger partial charge in [-0.15, -0.1) is 0 Å². The molecule has 0 unspecified atom stereocenters. The third-order valence-electron chi connectivity index (χ3n) is 8.15. The third-order valence-corrected chi connectivity index (χ3v) is 10.2. The molecule has 0 heterocycles. The molecule has 4 aromatic carbocycles. The number of rotatable bonds is 12. The summed E-state index contributed by atoms with van der Waals surface area (Å²) in [5.41, 5.74) is 2.93. The van der Waals surface area contributed by atoms with Gasteiger partial charge < -0.3 is 10.2 Å². The molecule has 1 saturated carbocycles. The van der Waals surface area contributed by atoms with Crippen LogP contribution in [0.5, 0.6) is 0 Å². The molecule has 0 aliphatic heterocycles. The van der Waals surface area contributed by atoms with E-state index in [0.29, 0.717) is 10.7 Å². The van der Waals surface area contributed by atoms with Gasteiger partial charge in [-0.1, -0.05) is 103 Å². The number of hydrogen-bond acceptors (Lipinski definition) is 4. The molecule has 45 heavy (non-hydrogen) atoms. The van der Waals surface area contributed by atoms with Crippen molar-refractivity contribution >= 4 is 39.1 Å². The van der Waals surface area contributed by atoms with E-state index in [-0.39, 0.29) is 29.8 Å². The van der Waals surface area contributed by atoms with Crippen LogP contribution in [0.1, 0.15) is 42.4 Å². The van der Waals surface area contributed by atoms with Crippen LogP contribution in [-0.4, -0.2) is 43.8 Å². The molecule has 7 nitrogen and oxygen atoms in total. The molecule has 234 valence electrons. The molecule has 1 atom stereocenters. The number of aryl methyl sites for hydroxylation is 1. The van der Waals surface area contributed by atoms with Gasteiger partial charge in [-0.2, -0.15) is 0 Å². The predicted octanol–water partition coefficient (Wildman–Crippen LogP) is 6.54. The number of benzene rings is 4. The van der Waals surface area contributed by atoms with Gasteiger partial charge in [0.05, 0.1) is 10.6 Å². The van der Waals surface area contributed by atoms with Gasteiger partial charge in [0.1, 0.15) is 12.6 Å². The number of sulfonamides is 1. The average Bonchev–Trinajstić information content (AvgIpc) is 3.56. The largest absolute Gasteiger partial charge is 0.352 e. The Hall–Kier alpha value is -4.14. The topological polar surface area (TPSA) is 86.8 Å². The Balaban J connectivity index is 1.56. The zero-order valence-corrected chi connectivity index (χ0v) is 26.9. The fraction of sp³-hybridized carbons (Fsp3) is 0.278. The van der Waals surface area contributed by atoms with Crippen molar-refractivity contribution in [2.24, 2.45) is 0 Å². The molecule has 9 heteroatoms. The Morgan fingerprint density at radius 3 is 2.11 bits per heavy atom. The fourth-order valence-corrected chi connectivity index (χ4v) is 7.36. The van der Waals surface area contributed by atoms with Gasteiger partial charge >= 0.3 is 0 Å². The molecule has 0 radical (unpaired) electrons. The highest BCUT2D eigenvalue weighted by atomic mass is 35.5. The summed E-state index contributed by atoms with van der Waals surface area (Å²) in [7, 11) is -4.13. The molecule has 0 spiro atoms. The number of nitrogens with one attached hydrogen (secondary N) is 1. The minimum Gasteiger partial charge on any atom is -0.352 e. The summed E-state index contributed by atoms with van der Waals surface area (Å²) in [5.74, 6) is -0.758. The van der Waals surface area contributed by atoms with E-state index in [9.17, 15) is 18.0 Å². The van der Waals surface area contributed by atoms with Crippen LogP contribution < -0.4 is 9.62 Å². The van der Waals surface area contributed by atoms with Gasteiger partial charge in [0.25, 0.3) is 10.0 Å². The van der Waals surface area contributed by atoms with Crippen molar-refractivity contribution in [3.63, 3.8) is 0 Å². The van der Waals surface area contributed by atoms with Crippen molar-refractivity contribution in [3.8, 4) is 0 Å². The molecule has 0 saturated heterocycles. The maximum Gasteiger partial charge on any atom is 0.264 e. The number of nitrogens with zero attached hydrogens (tertiary/aromatic N) is 2. The second-order valence-electron chi connectivity index (χ2n) is 11.5. The Labute approximate surface area is 270 Å². The summed E-state index contributed by atoms with van der Waals surface area (Å²) in [6.45, 7) is 1.49. The Morgan fingerprint density at radius 1 is 0.844 bits per heavy atom. The van der Waals surface area contributed by atoms with Crippen LogP contribution in [0, 0.1) is 6.92 Å². The molecule has 0 aromatic heterocycles. The molecular weight excluding hydrogens is 606 g/mol. The van der Waals surface area contributed by atoms with E-state index in [1.165, 1.54) is 17.0 Å². The molecule has 4 aromatic rings. The molecule has 5 rings (SSSR count). The number of carbonyl (C=O) groups is 2. The van der Waals surface area contributed by atoms with E-state index in [1.807, 2.05) is 55.5 Å². The quantitative estimate of drug-likeness (QED) is 0.190. The van der Waals surface area contributed by atoms with Crippen LogP contribution >= 0.6 is 11.6 Å². The molecular formula is C36H38ClN3O4S. The first-order valence-corrected chi connectivity index (χ1v) is 17.1. The summed E-state index contributed by atoms with van der Waals surface area (Å²) >= 11 is 6.33. The highest BCUT2D eigenvalue weighted by Gasteiger charge is 2.35. The highest BCUT2D eigenvalue weighted by molar-refractivity contribution is 7.92. The molecule has 1 fully saturated rings. The smallest absolute Gasteiger partial charge is 0.264 e. The lowest BCUT2D eigenvalue weighted by Gasteiger charge is -2.34. The lowest BCUT2D eigenvalue weighted by molar-refractivity contribution is -0.140. The number of carbonyl (C=O) groups excluding carboxylic acids is 2.